The topological polar surface area (TPSA) is 61.7 Å². The van der Waals surface area contributed by atoms with E-state index in [9.17, 15) is 0 Å². The Morgan fingerprint density at radius 3 is 2.90 bits per heavy atom. The molecule has 1 fully saturated rings. The van der Waals surface area contributed by atoms with Crippen molar-refractivity contribution in [3.63, 3.8) is 0 Å². The summed E-state index contributed by atoms with van der Waals surface area (Å²) >= 11 is 0. The largest absolute Gasteiger partial charge is 0.328 e. The zero-order valence-electron chi connectivity index (χ0n) is 12.8. The molecule has 114 valence electrons. The lowest BCUT2D eigenvalue weighted by atomic mass is 9.96. The van der Waals surface area contributed by atoms with Crippen molar-refractivity contribution >= 4 is 0 Å². The van der Waals surface area contributed by atoms with Crippen molar-refractivity contribution in [1.29, 1.82) is 0 Å². The molecular weight excluding hydrogens is 262 g/mol. The van der Waals surface area contributed by atoms with Gasteiger partial charge in [0.05, 0.1) is 24.5 Å². The number of nitrogens with zero attached hydrogens (tertiary/aromatic N) is 4. The van der Waals surface area contributed by atoms with Crippen LogP contribution in [-0.2, 0) is 13.0 Å². The molecule has 2 aromatic rings. The van der Waals surface area contributed by atoms with Crippen LogP contribution in [0, 0.1) is 0 Å². The summed E-state index contributed by atoms with van der Waals surface area (Å²) in [5.41, 5.74) is 8.09. The number of nitrogens with two attached hydrogens (primary N) is 1. The quantitative estimate of drug-likeness (QED) is 0.919. The normalized spacial score (nSPS) is 18.0. The summed E-state index contributed by atoms with van der Waals surface area (Å²) in [7, 11) is 0. The Kier molecular flexibility index (Phi) is 4.39. The van der Waals surface area contributed by atoms with E-state index >= 15 is 0 Å². The van der Waals surface area contributed by atoms with Crippen molar-refractivity contribution in [2.24, 2.45) is 5.73 Å². The van der Waals surface area contributed by atoms with Crippen LogP contribution in [0.15, 0.2) is 24.7 Å². The lowest BCUT2D eigenvalue weighted by Gasteiger charge is -2.21. The third-order valence-electron chi connectivity index (χ3n) is 4.18. The fraction of sp³-hybridized carbons (Fsp3) is 0.625. The molecule has 2 N–H and O–H groups in total. The van der Waals surface area contributed by atoms with Crippen molar-refractivity contribution in [3.8, 4) is 0 Å². The average Bonchev–Trinajstić information content (AvgIpc) is 3.09. The summed E-state index contributed by atoms with van der Waals surface area (Å²) in [6.45, 7) is 2.75. The van der Waals surface area contributed by atoms with Crippen LogP contribution >= 0.6 is 0 Å². The molecule has 21 heavy (non-hydrogen) atoms. The Morgan fingerprint density at radius 1 is 1.33 bits per heavy atom. The highest BCUT2D eigenvalue weighted by molar-refractivity contribution is 5.08. The maximum absolute atomic E-state index is 5.82. The average molecular weight is 287 g/mol. The maximum atomic E-state index is 5.82. The highest BCUT2D eigenvalue weighted by Gasteiger charge is 2.16. The molecule has 0 radical (unpaired) electrons. The molecule has 2 heterocycles. The van der Waals surface area contributed by atoms with E-state index in [-0.39, 0.29) is 6.04 Å². The molecule has 5 nitrogen and oxygen atoms in total. The molecule has 2 aromatic heterocycles. The van der Waals surface area contributed by atoms with E-state index in [1.54, 1.807) is 0 Å². The Hall–Kier alpha value is -1.62. The van der Waals surface area contributed by atoms with Gasteiger partial charge in [-0.15, -0.1) is 0 Å². The van der Waals surface area contributed by atoms with Crippen molar-refractivity contribution in [2.75, 3.05) is 0 Å². The molecule has 1 aliphatic carbocycles. The molecule has 1 unspecified atom stereocenters. The third kappa shape index (κ3) is 3.73. The van der Waals surface area contributed by atoms with Gasteiger partial charge in [-0.2, -0.15) is 10.2 Å². The van der Waals surface area contributed by atoms with Crippen LogP contribution < -0.4 is 5.73 Å². The van der Waals surface area contributed by atoms with Gasteiger partial charge in [0.15, 0.2) is 0 Å². The van der Waals surface area contributed by atoms with Gasteiger partial charge in [-0.1, -0.05) is 19.3 Å². The first kappa shape index (κ1) is 14.3. The Labute approximate surface area is 126 Å². The molecule has 3 rings (SSSR count). The van der Waals surface area contributed by atoms with Crippen LogP contribution in [0.2, 0.25) is 0 Å². The molecule has 0 amide bonds. The fourth-order valence-corrected chi connectivity index (χ4v) is 3.15. The Bertz CT molecular complexity index is 563. The number of hydrogen-bond acceptors (Lipinski definition) is 3. The van der Waals surface area contributed by atoms with Crippen molar-refractivity contribution in [3.05, 3.63) is 35.9 Å². The van der Waals surface area contributed by atoms with Gasteiger partial charge < -0.3 is 5.73 Å². The SMILES string of the molecule is CC(N)Cc1cnn(Cc2ccn(C3CCCCC3)n2)c1. The maximum Gasteiger partial charge on any atom is 0.0849 e. The lowest BCUT2D eigenvalue weighted by molar-refractivity contribution is 0.327. The summed E-state index contributed by atoms with van der Waals surface area (Å²) < 4.78 is 4.10. The van der Waals surface area contributed by atoms with E-state index in [1.807, 2.05) is 17.8 Å². The van der Waals surface area contributed by atoms with E-state index < -0.39 is 0 Å². The number of hydrogen-bond donors (Lipinski definition) is 1. The molecule has 0 bridgehead atoms. The van der Waals surface area contributed by atoms with Crippen LogP contribution in [-0.4, -0.2) is 25.6 Å². The van der Waals surface area contributed by atoms with Gasteiger partial charge in [-0.05, 0) is 37.8 Å². The number of aromatic nitrogens is 4. The Balaban J connectivity index is 1.62. The summed E-state index contributed by atoms with van der Waals surface area (Å²) in [6.07, 6.45) is 13.5. The lowest BCUT2D eigenvalue weighted by Crippen LogP contribution is -2.17. The van der Waals surface area contributed by atoms with Gasteiger partial charge in [0, 0.05) is 18.4 Å². The monoisotopic (exact) mass is 287 g/mol. The van der Waals surface area contributed by atoms with Crippen molar-refractivity contribution in [2.45, 2.75) is 64.1 Å². The second-order valence-corrected chi connectivity index (χ2v) is 6.31. The smallest absolute Gasteiger partial charge is 0.0849 e. The van der Waals surface area contributed by atoms with Gasteiger partial charge in [0.25, 0.3) is 0 Å². The standard InChI is InChI=1S/C16H25N5/c1-13(17)9-14-10-18-20(11-14)12-15-7-8-21(19-15)16-5-3-2-4-6-16/h7-8,10-11,13,16H,2-6,9,12,17H2,1H3. The predicted molar refractivity (Wildman–Crippen MR) is 83.0 cm³/mol. The number of rotatable bonds is 5. The minimum atomic E-state index is 0.174. The van der Waals surface area contributed by atoms with Gasteiger partial charge in [0.1, 0.15) is 0 Å². The molecule has 0 aromatic carbocycles. The highest BCUT2D eigenvalue weighted by Crippen LogP contribution is 2.27. The van der Waals surface area contributed by atoms with Crippen LogP contribution in [0.25, 0.3) is 0 Å². The van der Waals surface area contributed by atoms with E-state index in [1.165, 1.54) is 37.7 Å². The van der Waals surface area contributed by atoms with E-state index in [4.69, 9.17) is 10.8 Å². The second kappa shape index (κ2) is 6.43. The van der Waals surface area contributed by atoms with Crippen LogP contribution in [0.3, 0.4) is 0 Å². The molecule has 0 aliphatic heterocycles. The van der Waals surface area contributed by atoms with Gasteiger partial charge in [0.2, 0.25) is 0 Å². The van der Waals surface area contributed by atoms with Crippen LogP contribution in [0.5, 0.6) is 0 Å². The first-order chi connectivity index (χ1) is 10.2. The third-order valence-corrected chi connectivity index (χ3v) is 4.18. The van der Waals surface area contributed by atoms with E-state index in [0.29, 0.717) is 6.04 Å². The zero-order valence-corrected chi connectivity index (χ0v) is 12.8. The van der Waals surface area contributed by atoms with E-state index in [0.717, 1.165) is 18.7 Å². The molecule has 1 saturated carbocycles. The summed E-state index contributed by atoms with van der Waals surface area (Å²) in [4.78, 5) is 0. The van der Waals surface area contributed by atoms with Crippen LogP contribution in [0.4, 0.5) is 0 Å². The van der Waals surface area contributed by atoms with Crippen molar-refractivity contribution in [1.82, 2.24) is 19.6 Å². The first-order valence-electron chi connectivity index (χ1n) is 8.01. The summed E-state index contributed by atoms with van der Waals surface area (Å²) in [5, 5.41) is 9.13. The molecular formula is C16H25N5. The first-order valence-corrected chi connectivity index (χ1v) is 8.01. The van der Waals surface area contributed by atoms with Gasteiger partial charge in [-0.25, -0.2) is 0 Å². The minimum Gasteiger partial charge on any atom is -0.328 e. The molecule has 1 aliphatic rings. The van der Waals surface area contributed by atoms with Crippen LogP contribution in [0.1, 0.15) is 56.3 Å². The fourth-order valence-electron chi connectivity index (χ4n) is 3.15. The highest BCUT2D eigenvalue weighted by atomic mass is 15.3. The minimum absolute atomic E-state index is 0.174. The zero-order chi connectivity index (χ0) is 14.7. The summed E-state index contributed by atoms with van der Waals surface area (Å²) in [6, 6.07) is 2.88. The Morgan fingerprint density at radius 2 is 2.14 bits per heavy atom. The second-order valence-electron chi connectivity index (χ2n) is 6.31. The molecule has 5 heteroatoms. The predicted octanol–water partition coefficient (Wildman–Crippen LogP) is 2.52. The van der Waals surface area contributed by atoms with Gasteiger partial charge in [-0.3, -0.25) is 9.36 Å². The van der Waals surface area contributed by atoms with Crippen molar-refractivity contribution < 1.29 is 0 Å². The molecule has 1 atom stereocenters. The van der Waals surface area contributed by atoms with E-state index in [2.05, 4.69) is 28.2 Å². The molecule has 0 saturated heterocycles. The molecule has 0 spiro atoms. The van der Waals surface area contributed by atoms with Gasteiger partial charge >= 0.3 is 0 Å². The summed E-state index contributed by atoms with van der Waals surface area (Å²) in [5.74, 6) is 0.